The molecule has 1 N–H and O–H groups in total. The normalized spacial score (nSPS) is 10.3. The van der Waals surface area contributed by atoms with Crippen molar-refractivity contribution in [2.75, 3.05) is 5.32 Å². The Morgan fingerprint density at radius 3 is 2.71 bits per heavy atom. The molecular formula is C13H12F2N2. The minimum atomic E-state index is -0.361. The Morgan fingerprint density at radius 2 is 2.00 bits per heavy atom. The number of nitrogens with one attached hydrogen (secondary N) is 1. The SMILES string of the molecule is Cc1cc(NCc2cncc(F)c2)ccc1F. The van der Waals surface area contributed by atoms with E-state index in [1.54, 1.807) is 25.3 Å². The molecule has 0 atom stereocenters. The predicted molar refractivity (Wildman–Crippen MR) is 62.7 cm³/mol. The first-order valence-corrected chi connectivity index (χ1v) is 5.24. The van der Waals surface area contributed by atoms with Gasteiger partial charge in [0.15, 0.2) is 0 Å². The Labute approximate surface area is 98.3 Å². The van der Waals surface area contributed by atoms with Crippen LogP contribution in [-0.2, 0) is 6.54 Å². The largest absolute Gasteiger partial charge is 0.381 e. The second-order valence-corrected chi connectivity index (χ2v) is 3.83. The number of pyridine rings is 1. The van der Waals surface area contributed by atoms with Crippen LogP contribution in [0.2, 0.25) is 0 Å². The van der Waals surface area contributed by atoms with Gasteiger partial charge in [-0.3, -0.25) is 4.98 Å². The van der Waals surface area contributed by atoms with Crippen molar-refractivity contribution in [2.45, 2.75) is 13.5 Å². The van der Waals surface area contributed by atoms with E-state index in [-0.39, 0.29) is 11.6 Å². The van der Waals surface area contributed by atoms with E-state index in [9.17, 15) is 8.78 Å². The molecule has 0 radical (unpaired) electrons. The number of aryl methyl sites for hydroxylation is 1. The highest BCUT2D eigenvalue weighted by Gasteiger charge is 2.00. The number of anilines is 1. The van der Waals surface area contributed by atoms with Crippen LogP contribution < -0.4 is 5.32 Å². The average molecular weight is 234 g/mol. The zero-order valence-electron chi connectivity index (χ0n) is 9.37. The van der Waals surface area contributed by atoms with Crippen LogP contribution in [0.1, 0.15) is 11.1 Å². The molecule has 0 saturated carbocycles. The summed E-state index contributed by atoms with van der Waals surface area (Å²) in [6.07, 6.45) is 2.75. The van der Waals surface area contributed by atoms with Crippen molar-refractivity contribution in [3.63, 3.8) is 0 Å². The first kappa shape index (κ1) is 11.5. The van der Waals surface area contributed by atoms with Gasteiger partial charge in [-0.05, 0) is 42.3 Å². The fraction of sp³-hybridized carbons (Fsp3) is 0.154. The fourth-order valence-electron chi connectivity index (χ4n) is 1.51. The van der Waals surface area contributed by atoms with Crippen molar-refractivity contribution in [1.82, 2.24) is 4.98 Å². The van der Waals surface area contributed by atoms with E-state index in [4.69, 9.17) is 0 Å². The highest BCUT2D eigenvalue weighted by molar-refractivity contribution is 5.46. The molecule has 0 aliphatic rings. The third-order valence-electron chi connectivity index (χ3n) is 2.42. The molecular weight excluding hydrogens is 222 g/mol. The maximum absolute atomic E-state index is 13.0. The van der Waals surface area contributed by atoms with Gasteiger partial charge in [-0.2, -0.15) is 0 Å². The Bertz CT molecular complexity index is 527. The number of hydrogen-bond donors (Lipinski definition) is 1. The van der Waals surface area contributed by atoms with Crippen LogP contribution in [0, 0.1) is 18.6 Å². The van der Waals surface area contributed by atoms with Gasteiger partial charge in [0.25, 0.3) is 0 Å². The Morgan fingerprint density at radius 1 is 1.18 bits per heavy atom. The van der Waals surface area contributed by atoms with E-state index in [2.05, 4.69) is 10.3 Å². The van der Waals surface area contributed by atoms with Gasteiger partial charge in [0.2, 0.25) is 0 Å². The summed E-state index contributed by atoms with van der Waals surface area (Å²) in [4.78, 5) is 3.75. The summed E-state index contributed by atoms with van der Waals surface area (Å²) in [6, 6.07) is 6.18. The van der Waals surface area contributed by atoms with Crippen molar-refractivity contribution in [3.05, 3.63) is 59.4 Å². The molecule has 0 bridgehead atoms. The summed E-state index contributed by atoms with van der Waals surface area (Å²) in [6.45, 7) is 2.15. The smallest absolute Gasteiger partial charge is 0.141 e. The van der Waals surface area contributed by atoms with Crippen molar-refractivity contribution in [3.8, 4) is 0 Å². The Hall–Kier alpha value is -1.97. The lowest BCUT2D eigenvalue weighted by atomic mass is 10.2. The summed E-state index contributed by atoms with van der Waals surface area (Å²) in [7, 11) is 0. The first-order chi connectivity index (χ1) is 8.15. The average Bonchev–Trinajstić information content (AvgIpc) is 2.31. The predicted octanol–water partition coefficient (Wildman–Crippen LogP) is 3.28. The second kappa shape index (κ2) is 4.91. The molecule has 0 spiro atoms. The van der Waals surface area contributed by atoms with Gasteiger partial charge in [0.05, 0.1) is 6.20 Å². The maximum Gasteiger partial charge on any atom is 0.141 e. The topological polar surface area (TPSA) is 24.9 Å². The highest BCUT2D eigenvalue weighted by atomic mass is 19.1. The van der Waals surface area contributed by atoms with E-state index in [0.29, 0.717) is 12.1 Å². The van der Waals surface area contributed by atoms with E-state index in [0.717, 1.165) is 17.4 Å². The molecule has 0 fully saturated rings. The number of halogens is 2. The van der Waals surface area contributed by atoms with E-state index in [1.807, 2.05) is 0 Å². The van der Waals surface area contributed by atoms with E-state index >= 15 is 0 Å². The van der Waals surface area contributed by atoms with Crippen LogP contribution in [0.25, 0.3) is 0 Å². The summed E-state index contributed by atoms with van der Waals surface area (Å²) < 4.78 is 25.9. The molecule has 0 saturated heterocycles. The molecule has 4 heteroatoms. The van der Waals surface area contributed by atoms with Gasteiger partial charge < -0.3 is 5.32 Å². The molecule has 88 valence electrons. The number of rotatable bonds is 3. The van der Waals surface area contributed by atoms with Crippen LogP contribution in [0.5, 0.6) is 0 Å². The van der Waals surface area contributed by atoms with Gasteiger partial charge in [-0.1, -0.05) is 0 Å². The van der Waals surface area contributed by atoms with Gasteiger partial charge in [-0.15, -0.1) is 0 Å². The van der Waals surface area contributed by atoms with Crippen LogP contribution in [0.15, 0.2) is 36.7 Å². The molecule has 1 aromatic heterocycles. The minimum absolute atomic E-state index is 0.233. The maximum atomic E-state index is 13.0. The van der Waals surface area contributed by atoms with Crippen LogP contribution >= 0.6 is 0 Å². The fourth-order valence-corrected chi connectivity index (χ4v) is 1.51. The number of aromatic nitrogens is 1. The van der Waals surface area contributed by atoms with Crippen molar-refractivity contribution < 1.29 is 8.78 Å². The zero-order valence-corrected chi connectivity index (χ0v) is 9.37. The summed E-state index contributed by atoms with van der Waals surface area (Å²) in [5, 5.41) is 3.08. The standard InChI is InChI=1S/C13H12F2N2/c1-9-4-12(2-3-13(9)15)17-7-10-5-11(14)8-16-6-10/h2-6,8,17H,7H2,1H3. The van der Waals surface area contributed by atoms with Crippen molar-refractivity contribution in [1.29, 1.82) is 0 Å². The number of nitrogens with zero attached hydrogens (tertiary/aromatic N) is 1. The minimum Gasteiger partial charge on any atom is -0.381 e. The molecule has 1 heterocycles. The zero-order chi connectivity index (χ0) is 12.3. The molecule has 2 rings (SSSR count). The molecule has 0 aliphatic heterocycles. The molecule has 2 nitrogen and oxygen atoms in total. The molecule has 1 aromatic carbocycles. The van der Waals surface area contributed by atoms with E-state index < -0.39 is 0 Å². The summed E-state index contributed by atoms with van der Waals surface area (Å²) in [5.74, 6) is -0.595. The molecule has 17 heavy (non-hydrogen) atoms. The third kappa shape index (κ3) is 3.00. The third-order valence-corrected chi connectivity index (χ3v) is 2.42. The Balaban J connectivity index is 2.05. The quantitative estimate of drug-likeness (QED) is 0.881. The van der Waals surface area contributed by atoms with E-state index in [1.165, 1.54) is 12.1 Å². The van der Waals surface area contributed by atoms with Crippen molar-refractivity contribution in [2.24, 2.45) is 0 Å². The summed E-state index contributed by atoms with van der Waals surface area (Å²) in [5.41, 5.74) is 2.12. The van der Waals surface area contributed by atoms with Gasteiger partial charge in [-0.25, -0.2) is 8.78 Å². The summed E-state index contributed by atoms with van der Waals surface area (Å²) >= 11 is 0. The number of benzene rings is 1. The molecule has 2 aromatic rings. The van der Waals surface area contributed by atoms with Gasteiger partial charge in [0.1, 0.15) is 11.6 Å². The molecule has 0 aliphatic carbocycles. The van der Waals surface area contributed by atoms with Crippen LogP contribution in [-0.4, -0.2) is 4.98 Å². The Kier molecular flexibility index (Phi) is 3.32. The van der Waals surface area contributed by atoms with Crippen LogP contribution in [0.4, 0.5) is 14.5 Å². The lowest BCUT2D eigenvalue weighted by Gasteiger charge is -2.07. The second-order valence-electron chi connectivity index (χ2n) is 3.83. The van der Waals surface area contributed by atoms with Gasteiger partial charge in [0, 0.05) is 18.4 Å². The van der Waals surface area contributed by atoms with Crippen LogP contribution in [0.3, 0.4) is 0 Å². The monoisotopic (exact) mass is 234 g/mol. The lowest BCUT2D eigenvalue weighted by molar-refractivity contribution is 0.618. The number of hydrogen-bond acceptors (Lipinski definition) is 2. The van der Waals surface area contributed by atoms with Gasteiger partial charge >= 0.3 is 0 Å². The lowest BCUT2D eigenvalue weighted by Crippen LogP contribution is -2.01. The highest BCUT2D eigenvalue weighted by Crippen LogP contribution is 2.14. The molecule has 0 unspecified atom stereocenters. The first-order valence-electron chi connectivity index (χ1n) is 5.24. The molecule has 0 amide bonds. The van der Waals surface area contributed by atoms with Crippen molar-refractivity contribution >= 4 is 5.69 Å².